The van der Waals surface area contributed by atoms with E-state index in [-0.39, 0.29) is 6.04 Å². The first kappa shape index (κ1) is 10.4. The van der Waals surface area contributed by atoms with Crippen molar-refractivity contribution in [3.05, 3.63) is 52.2 Å². The second kappa shape index (κ2) is 3.94. The van der Waals surface area contributed by atoms with Gasteiger partial charge in [-0.05, 0) is 23.9 Å². The molecule has 1 unspecified atom stereocenters. The third kappa shape index (κ3) is 1.73. The molecule has 5 heteroatoms. The predicted octanol–water partition coefficient (Wildman–Crippen LogP) is 2.15. The van der Waals surface area contributed by atoms with Gasteiger partial charge in [-0.3, -0.25) is 4.98 Å². The molecular weight excluding hydrogens is 232 g/mol. The zero-order chi connectivity index (χ0) is 11.8. The number of nitrogens with two attached hydrogens (primary N) is 1. The van der Waals surface area contributed by atoms with E-state index in [2.05, 4.69) is 28.5 Å². The summed E-state index contributed by atoms with van der Waals surface area (Å²) in [7, 11) is 0. The van der Waals surface area contributed by atoms with Crippen LogP contribution in [0.15, 0.2) is 36.2 Å². The van der Waals surface area contributed by atoms with Gasteiger partial charge in [-0.2, -0.15) is 5.10 Å². The molecule has 0 saturated carbocycles. The molecule has 3 heterocycles. The lowest BCUT2D eigenvalue weighted by Crippen LogP contribution is -2.10. The van der Waals surface area contributed by atoms with Crippen LogP contribution in [0.4, 0.5) is 0 Å². The van der Waals surface area contributed by atoms with Crippen LogP contribution in [0.25, 0.3) is 5.52 Å². The number of rotatable bonds is 2. The largest absolute Gasteiger partial charge is 0.320 e. The molecule has 0 amide bonds. The minimum Gasteiger partial charge on any atom is -0.320 e. The summed E-state index contributed by atoms with van der Waals surface area (Å²) < 4.78 is 1.79. The number of hydrogen-bond acceptors (Lipinski definition) is 4. The van der Waals surface area contributed by atoms with Gasteiger partial charge in [0.1, 0.15) is 0 Å². The van der Waals surface area contributed by atoms with Crippen molar-refractivity contribution in [3.8, 4) is 0 Å². The second-order valence-corrected chi connectivity index (χ2v) is 5.09. The van der Waals surface area contributed by atoms with Crippen LogP contribution in [-0.4, -0.2) is 14.6 Å². The molecular formula is C12H12N4S. The molecule has 0 fully saturated rings. The van der Waals surface area contributed by atoms with Crippen LogP contribution < -0.4 is 5.73 Å². The minimum absolute atomic E-state index is 0.137. The van der Waals surface area contributed by atoms with E-state index >= 15 is 0 Å². The van der Waals surface area contributed by atoms with E-state index in [9.17, 15) is 0 Å². The number of aryl methyl sites for hydroxylation is 1. The molecule has 0 radical (unpaired) electrons. The molecule has 3 rings (SSSR count). The summed E-state index contributed by atoms with van der Waals surface area (Å²) in [5.74, 6) is 0. The van der Waals surface area contributed by atoms with Crippen molar-refractivity contribution in [3.63, 3.8) is 0 Å². The van der Waals surface area contributed by atoms with Gasteiger partial charge in [-0.15, -0.1) is 11.3 Å². The highest BCUT2D eigenvalue weighted by Crippen LogP contribution is 2.26. The molecule has 1 atom stereocenters. The average Bonchev–Trinajstić information content (AvgIpc) is 2.94. The fourth-order valence-corrected chi connectivity index (χ4v) is 2.64. The standard InChI is InChI=1S/C12H12N4S/c1-8-4-9(7-17-8)12(13)10-5-15-16-3-2-14-6-11(10)16/h2-7,12H,13H2,1H3. The van der Waals surface area contributed by atoms with Crippen LogP contribution in [0.3, 0.4) is 0 Å². The second-order valence-electron chi connectivity index (χ2n) is 3.97. The topological polar surface area (TPSA) is 56.2 Å². The van der Waals surface area contributed by atoms with E-state index < -0.39 is 0 Å². The zero-order valence-electron chi connectivity index (χ0n) is 9.37. The Morgan fingerprint density at radius 3 is 3.06 bits per heavy atom. The lowest BCUT2D eigenvalue weighted by molar-refractivity contribution is 0.884. The Balaban J connectivity index is 2.09. The van der Waals surface area contributed by atoms with Crippen LogP contribution in [-0.2, 0) is 0 Å². The SMILES string of the molecule is Cc1cc(C(N)c2cnn3ccncc23)cs1. The van der Waals surface area contributed by atoms with Crippen LogP contribution in [0.5, 0.6) is 0 Å². The number of thiophene rings is 1. The van der Waals surface area contributed by atoms with Crippen LogP contribution in [0, 0.1) is 6.92 Å². The van der Waals surface area contributed by atoms with Crippen molar-refractivity contribution in [2.75, 3.05) is 0 Å². The molecule has 0 aliphatic rings. The molecule has 2 N–H and O–H groups in total. The van der Waals surface area contributed by atoms with E-state index in [1.165, 1.54) is 4.88 Å². The third-order valence-electron chi connectivity index (χ3n) is 2.80. The van der Waals surface area contributed by atoms with Crippen LogP contribution in [0.1, 0.15) is 22.0 Å². The number of nitrogens with zero attached hydrogens (tertiary/aromatic N) is 3. The first-order valence-corrected chi connectivity index (χ1v) is 6.21. The fraction of sp³-hybridized carbons (Fsp3) is 0.167. The van der Waals surface area contributed by atoms with Gasteiger partial charge in [0, 0.05) is 22.8 Å². The van der Waals surface area contributed by atoms with Gasteiger partial charge in [0.25, 0.3) is 0 Å². The molecule has 3 aromatic rings. The van der Waals surface area contributed by atoms with Crippen molar-refractivity contribution in [2.45, 2.75) is 13.0 Å². The Labute approximate surface area is 103 Å². The average molecular weight is 244 g/mol. The maximum atomic E-state index is 6.27. The number of fused-ring (bicyclic) bond motifs is 1. The summed E-state index contributed by atoms with van der Waals surface area (Å²) in [5, 5.41) is 6.37. The maximum absolute atomic E-state index is 6.27. The van der Waals surface area contributed by atoms with E-state index in [0.717, 1.165) is 16.6 Å². The summed E-state index contributed by atoms with van der Waals surface area (Å²) in [4.78, 5) is 5.38. The molecule has 0 spiro atoms. The first-order chi connectivity index (χ1) is 8.25. The Kier molecular flexibility index (Phi) is 2.42. The van der Waals surface area contributed by atoms with Gasteiger partial charge in [0.05, 0.1) is 24.0 Å². The quantitative estimate of drug-likeness (QED) is 0.751. The van der Waals surface area contributed by atoms with E-state index in [4.69, 9.17) is 5.73 Å². The molecule has 0 aliphatic heterocycles. The van der Waals surface area contributed by atoms with E-state index in [1.54, 1.807) is 28.2 Å². The summed E-state index contributed by atoms with van der Waals surface area (Å²) in [5.41, 5.74) is 9.37. The Morgan fingerprint density at radius 1 is 1.41 bits per heavy atom. The van der Waals surface area contributed by atoms with Gasteiger partial charge >= 0.3 is 0 Å². The fourth-order valence-electron chi connectivity index (χ4n) is 1.90. The molecule has 0 bridgehead atoms. The maximum Gasteiger partial charge on any atom is 0.0896 e. The molecule has 3 aromatic heterocycles. The summed E-state index contributed by atoms with van der Waals surface area (Å²) in [6.07, 6.45) is 7.14. The highest BCUT2D eigenvalue weighted by Gasteiger charge is 2.15. The third-order valence-corrected chi connectivity index (χ3v) is 3.68. The number of aromatic nitrogens is 3. The summed E-state index contributed by atoms with van der Waals surface area (Å²) >= 11 is 1.71. The zero-order valence-corrected chi connectivity index (χ0v) is 10.2. The van der Waals surface area contributed by atoms with Gasteiger partial charge in [-0.25, -0.2) is 4.52 Å². The minimum atomic E-state index is -0.137. The lowest BCUT2D eigenvalue weighted by Gasteiger charge is -2.07. The summed E-state index contributed by atoms with van der Waals surface area (Å²) in [6.45, 7) is 2.08. The van der Waals surface area contributed by atoms with E-state index in [1.807, 2.05) is 12.4 Å². The molecule has 0 saturated heterocycles. The monoisotopic (exact) mass is 244 g/mol. The lowest BCUT2D eigenvalue weighted by atomic mass is 10.0. The van der Waals surface area contributed by atoms with E-state index in [0.29, 0.717) is 0 Å². The van der Waals surface area contributed by atoms with Gasteiger partial charge < -0.3 is 5.73 Å². The highest BCUT2D eigenvalue weighted by molar-refractivity contribution is 7.10. The van der Waals surface area contributed by atoms with Gasteiger partial charge in [0.2, 0.25) is 0 Å². The molecule has 4 nitrogen and oxygen atoms in total. The predicted molar refractivity (Wildman–Crippen MR) is 68.1 cm³/mol. The van der Waals surface area contributed by atoms with Crippen LogP contribution >= 0.6 is 11.3 Å². The Bertz CT molecular complexity index is 655. The van der Waals surface area contributed by atoms with Gasteiger partial charge in [0.15, 0.2) is 0 Å². The van der Waals surface area contributed by atoms with Crippen molar-refractivity contribution in [2.24, 2.45) is 5.73 Å². The smallest absolute Gasteiger partial charge is 0.0896 e. The summed E-state index contributed by atoms with van der Waals surface area (Å²) in [6, 6.07) is 1.98. The molecule has 0 aromatic carbocycles. The first-order valence-electron chi connectivity index (χ1n) is 5.33. The Morgan fingerprint density at radius 2 is 2.29 bits per heavy atom. The molecule has 86 valence electrons. The molecule has 0 aliphatic carbocycles. The number of hydrogen-bond donors (Lipinski definition) is 1. The van der Waals surface area contributed by atoms with Crippen molar-refractivity contribution in [1.29, 1.82) is 0 Å². The van der Waals surface area contributed by atoms with Crippen molar-refractivity contribution < 1.29 is 0 Å². The van der Waals surface area contributed by atoms with Crippen LogP contribution in [0.2, 0.25) is 0 Å². The van der Waals surface area contributed by atoms with Crippen molar-refractivity contribution >= 4 is 16.9 Å². The van der Waals surface area contributed by atoms with Gasteiger partial charge in [-0.1, -0.05) is 0 Å². The highest BCUT2D eigenvalue weighted by atomic mass is 32.1. The van der Waals surface area contributed by atoms with Crippen molar-refractivity contribution in [1.82, 2.24) is 14.6 Å². The molecule has 17 heavy (non-hydrogen) atoms. The Hall–Kier alpha value is -1.72. The normalized spacial score (nSPS) is 13.1.